The maximum Gasteiger partial charge on any atom is 0.158 e. The van der Waals surface area contributed by atoms with E-state index in [2.05, 4.69) is 50.7 Å². The predicted molar refractivity (Wildman–Crippen MR) is 116 cm³/mol. The number of rotatable bonds is 0. The maximum absolute atomic E-state index is 4.80. The van der Waals surface area contributed by atoms with Crippen LogP contribution in [0.3, 0.4) is 0 Å². The Morgan fingerprint density at radius 3 is 2.97 bits per heavy atom. The van der Waals surface area contributed by atoms with Crippen LogP contribution in [0.4, 0.5) is 17.5 Å². The molecule has 0 aromatic carbocycles. The summed E-state index contributed by atoms with van der Waals surface area (Å²) in [7, 11) is 1.97. The molecule has 1 fully saturated rings. The summed E-state index contributed by atoms with van der Waals surface area (Å²) in [5, 5.41) is 16.6. The van der Waals surface area contributed by atoms with Crippen molar-refractivity contribution in [3.8, 4) is 11.1 Å². The van der Waals surface area contributed by atoms with Gasteiger partial charge >= 0.3 is 0 Å². The number of aryl methyl sites for hydroxylation is 1. The van der Waals surface area contributed by atoms with Crippen molar-refractivity contribution in [1.29, 1.82) is 0 Å². The van der Waals surface area contributed by atoms with E-state index in [1.807, 2.05) is 36.3 Å². The van der Waals surface area contributed by atoms with Crippen molar-refractivity contribution in [2.45, 2.75) is 19.3 Å². The lowest BCUT2D eigenvalue weighted by Crippen LogP contribution is -2.22. The van der Waals surface area contributed by atoms with Crippen LogP contribution < -0.4 is 10.2 Å². The van der Waals surface area contributed by atoms with Gasteiger partial charge in [0.05, 0.1) is 17.2 Å². The summed E-state index contributed by atoms with van der Waals surface area (Å²) < 4.78 is 1.89. The third-order valence-corrected chi connectivity index (χ3v) is 6.35. The quantitative estimate of drug-likeness (QED) is 0.485. The van der Waals surface area contributed by atoms with E-state index in [1.165, 1.54) is 5.56 Å². The Bertz CT molecular complexity index is 1260. The van der Waals surface area contributed by atoms with Crippen molar-refractivity contribution >= 4 is 28.5 Å². The lowest BCUT2D eigenvalue weighted by atomic mass is 9.88. The highest BCUT2D eigenvalue weighted by Gasteiger charge is 2.31. The number of nitrogens with zero attached hydrogens (tertiary/aromatic N) is 7. The Labute approximate surface area is 174 Å². The fraction of sp³-hybridized carbons (Fsp3) is 0.318. The topological polar surface area (TPSA) is 84.7 Å². The molecular weight excluding hydrogens is 376 g/mol. The molecule has 30 heavy (non-hydrogen) atoms. The largest absolute Gasteiger partial charge is 0.354 e. The van der Waals surface area contributed by atoms with Crippen LogP contribution in [-0.4, -0.2) is 43.0 Å². The van der Waals surface area contributed by atoms with Gasteiger partial charge in [0.15, 0.2) is 11.6 Å². The van der Waals surface area contributed by atoms with Gasteiger partial charge in [0.25, 0.3) is 0 Å². The van der Waals surface area contributed by atoms with Crippen molar-refractivity contribution in [1.82, 2.24) is 29.9 Å². The number of anilines is 3. The van der Waals surface area contributed by atoms with E-state index in [4.69, 9.17) is 10.1 Å². The molecule has 7 bridgehead atoms. The summed E-state index contributed by atoms with van der Waals surface area (Å²) >= 11 is 0. The van der Waals surface area contributed by atoms with Gasteiger partial charge in [-0.05, 0) is 48.1 Å². The second-order valence-corrected chi connectivity index (χ2v) is 8.28. The van der Waals surface area contributed by atoms with Gasteiger partial charge in [-0.3, -0.25) is 9.67 Å². The molecule has 8 heteroatoms. The van der Waals surface area contributed by atoms with E-state index in [0.29, 0.717) is 17.7 Å². The standard InChI is InChI=1S/C22H22N8/c1-13-14-5-6-30(11-14)22-17(12-29(2)28-22)16-7-19-18(23-9-16)3-4-20(25-19)26-21-8-15(13)10-24-27-21/h3-4,7-10,12-14H,5-6,11H2,1-2H3,(H,25,26,27). The average molecular weight is 398 g/mol. The molecule has 6 heterocycles. The van der Waals surface area contributed by atoms with Gasteiger partial charge in [0.2, 0.25) is 0 Å². The van der Waals surface area contributed by atoms with E-state index in [0.717, 1.165) is 53.3 Å². The van der Waals surface area contributed by atoms with Gasteiger partial charge in [-0.1, -0.05) is 6.92 Å². The monoisotopic (exact) mass is 398 g/mol. The molecule has 4 aromatic rings. The summed E-state index contributed by atoms with van der Waals surface area (Å²) in [5.74, 6) is 3.37. The Morgan fingerprint density at radius 2 is 2.03 bits per heavy atom. The van der Waals surface area contributed by atoms with Crippen LogP contribution >= 0.6 is 0 Å². The van der Waals surface area contributed by atoms with Gasteiger partial charge in [0.1, 0.15) is 5.82 Å². The Hall–Kier alpha value is -3.55. The lowest BCUT2D eigenvalue weighted by Gasteiger charge is -2.21. The third-order valence-electron chi connectivity index (χ3n) is 6.35. The Balaban J connectivity index is 1.56. The molecule has 2 unspecified atom stereocenters. The molecule has 2 aliphatic rings. The highest BCUT2D eigenvalue weighted by molar-refractivity contribution is 5.85. The first-order valence-electron chi connectivity index (χ1n) is 10.3. The highest BCUT2D eigenvalue weighted by Crippen LogP contribution is 2.38. The number of nitrogens with one attached hydrogen (secondary N) is 1. The van der Waals surface area contributed by atoms with Gasteiger partial charge in [-0.2, -0.15) is 10.2 Å². The zero-order valence-corrected chi connectivity index (χ0v) is 16.9. The minimum absolute atomic E-state index is 0.376. The van der Waals surface area contributed by atoms with Gasteiger partial charge < -0.3 is 10.2 Å². The molecule has 1 N–H and O–H groups in total. The molecule has 0 spiro atoms. The molecule has 0 aliphatic carbocycles. The second kappa shape index (κ2) is 6.48. The zero-order chi connectivity index (χ0) is 20.2. The molecule has 2 aliphatic heterocycles. The highest BCUT2D eigenvalue weighted by atomic mass is 15.3. The van der Waals surface area contributed by atoms with Crippen molar-refractivity contribution in [2.75, 3.05) is 23.3 Å². The normalized spacial score (nSPS) is 20.1. The second-order valence-electron chi connectivity index (χ2n) is 8.28. The maximum atomic E-state index is 4.80. The SMILES string of the molecule is CC1c2cnnc(c2)Nc2ccc3ncc(cc3n2)-c2cn(C)nc2N2CCC1C2. The number of aromatic nitrogens is 6. The fourth-order valence-corrected chi connectivity index (χ4v) is 4.62. The molecule has 0 saturated carbocycles. The van der Waals surface area contributed by atoms with Crippen molar-refractivity contribution in [2.24, 2.45) is 13.0 Å². The van der Waals surface area contributed by atoms with E-state index >= 15 is 0 Å². The van der Waals surface area contributed by atoms with E-state index in [9.17, 15) is 0 Å². The summed E-state index contributed by atoms with van der Waals surface area (Å²) in [6.07, 6.45) is 7.00. The Kier molecular flexibility index (Phi) is 3.74. The fourth-order valence-electron chi connectivity index (χ4n) is 4.62. The van der Waals surface area contributed by atoms with Crippen LogP contribution in [0.2, 0.25) is 0 Å². The van der Waals surface area contributed by atoms with E-state index < -0.39 is 0 Å². The number of pyridine rings is 2. The van der Waals surface area contributed by atoms with Crippen LogP contribution in [0.5, 0.6) is 0 Å². The summed E-state index contributed by atoms with van der Waals surface area (Å²) in [6.45, 7) is 4.24. The van der Waals surface area contributed by atoms with Crippen molar-refractivity contribution in [3.05, 3.63) is 48.4 Å². The third kappa shape index (κ3) is 2.79. The molecular formula is C22H22N8. The van der Waals surface area contributed by atoms with Crippen LogP contribution in [0.1, 0.15) is 24.8 Å². The first-order valence-corrected chi connectivity index (χ1v) is 10.3. The Morgan fingerprint density at radius 1 is 1.10 bits per heavy atom. The molecule has 0 radical (unpaired) electrons. The smallest absolute Gasteiger partial charge is 0.158 e. The molecule has 150 valence electrons. The minimum Gasteiger partial charge on any atom is -0.354 e. The number of hydrogen-bond donors (Lipinski definition) is 1. The van der Waals surface area contributed by atoms with Crippen LogP contribution in [0.25, 0.3) is 22.2 Å². The lowest BCUT2D eigenvalue weighted by molar-refractivity contribution is 0.490. The molecule has 6 rings (SSSR count). The number of hydrogen-bond acceptors (Lipinski definition) is 7. The summed E-state index contributed by atoms with van der Waals surface area (Å²) in [6, 6.07) is 8.08. The number of fused-ring (bicyclic) bond motifs is 9. The molecule has 4 aromatic heterocycles. The van der Waals surface area contributed by atoms with Crippen LogP contribution in [0, 0.1) is 5.92 Å². The molecule has 0 amide bonds. The van der Waals surface area contributed by atoms with Gasteiger partial charge in [-0.15, -0.1) is 5.10 Å². The molecule has 8 nitrogen and oxygen atoms in total. The summed E-state index contributed by atoms with van der Waals surface area (Å²) in [5.41, 5.74) is 5.01. The average Bonchev–Trinajstić information content (AvgIpc) is 3.39. The van der Waals surface area contributed by atoms with Gasteiger partial charge in [0, 0.05) is 43.7 Å². The summed E-state index contributed by atoms with van der Waals surface area (Å²) in [4.78, 5) is 11.8. The molecule has 2 atom stereocenters. The van der Waals surface area contributed by atoms with E-state index in [-0.39, 0.29) is 0 Å². The van der Waals surface area contributed by atoms with E-state index in [1.54, 1.807) is 0 Å². The molecule has 1 saturated heterocycles. The van der Waals surface area contributed by atoms with Crippen molar-refractivity contribution < 1.29 is 0 Å². The zero-order valence-electron chi connectivity index (χ0n) is 16.9. The van der Waals surface area contributed by atoms with Crippen LogP contribution in [0.15, 0.2) is 42.9 Å². The predicted octanol–water partition coefficient (Wildman–Crippen LogP) is 3.51. The van der Waals surface area contributed by atoms with Gasteiger partial charge in [-0.25, -0.2) is 4.98 Å². The van der Waals surface area contributed by atoms with Crippen molar-refractivity contribution in [3.63, 3.8) is 0 Å². The first kappa shape index (κ1) is 17.3. The first-order chi connectivity index (χ1) is 14.6. The van der Waals surface area contributed by atoms with Crippen LogP contribution in [-0.2, 0) is 7.05 Å². The minimum atomic E-state index is 0.376.